The number of carboxylic acid groups (broad SMARTS) is 1. The van der Waals surface area contributed by atoms with Gasteiger partial charge in [0.15, 0.2) is 0 Å². The number of aliphatic carboxylic acids is 1. The van der Waals surface area contributed by atoms with Gasteiger partial charge in [0.25, 0.3) is 5.56 Å². The number of carboxylic acids is 1. The molecule has 2 aromatic rings. The molecule has 1 aromatic heterocycles. The maximum absolute atomic E-state index is 12.4. The Balaban J connectivity index is 0.000000343. The summed E-state index contributed by atoms with van der Waals surface area (Å²) in [5.41, 5.74) is 1.50. The van der Waals surface area contributed by atoms with Gasteiger partial charge in [-0.2, -0.15) is 0 Å². The van der Waals surface area contributed by atoms with Crippen LogP contribution in [-0.4, -0.2) is 20.7 Å². The number of unbranched alkanes of at least 4 members (excludes halogenated alkanes) is 1. The first-order chi connectivity index (χ1) is 14.3. The fourth-order valence-corrected chi connectivity index (χ4v) is 2.67. The van der Waals surface area contributed by atoms with Crippen LogP contribution in [0.4, 0.5) is 0 Å². The molecule has 1 aliphatic rings. The molecule has 1 atom stereocenters. The van der Waals surface area contributed by atoms with E-state index in [4.69, 9.17) is 5.11 Å². The van der Waals surface area contributed by atoms with E-state index in [0.717, 1.165) is 35.4 Å². The number of phenolic OH excluding ortho intramolecular Hbond substituents is 1. The summed E-state index contributed by atoms with van der Waals surface area (Å²) < 4.78 is 1.70. The predicted molar refractivity (Wildman–Crippen MR) is 124 cm³/mol. The molecule has 0 fully saturated rings. The van der Waals surface area contributed by atoms with E-state index in [1.54, 1.807) is 42.8 Å². The Hall–Kier alpha value is -2.82. The van der Waals surface area contributed by atoms with Crippen molar-refractivity contribution in [2.45, 2.75) is 59.8 Å². The van der Waals surface area contributed by atoms with Gasteiger partial charge in [0, 0.05) is 18.0 Å². The van der Waals surface area contributed by atoms with Gasteiger partial charge in [-0.1, -0.05) is 64.8 Å². The van der Waals surface area contributed by atoms with Gasteiger partial charge in [-0.25, -0.2) is 0 Å². The van der Waals surface area contributed by atoms with Gasteiger partial charge in [0.2, 0.25) is 0 Å². The van der Waals surface area contributed by atoms with Gasteiger partial charge in [-0.3, -0.25) is 9.59 Å². The third-order valence-electron chi connectivity index (χ3n) is 5.07. The van der Waals surface area contributed by atoms with E-state index >= 15 is 0 Å². The first-order valence-corrected chi connectivity index (χ1v) is 10.7. The summed E-state index contributed by atoms with van der Waals surface area (Å²) in [5, 5.41) is 19.6. The normalized spacial score (nSPS) is 12.6. The zero-order chi connectivity index (χ0) is 22.7. The van der Waals surface area contributed by atoms with Crippen molar-refractivity contribution in [3.63, 3.8) is 0 Å². The van der Waals surface area contributed by atoms with Crippen LogP contribution in [0.25, 0.3) is 23.3 Å². The Morgan fingerprint density at radius 1 is 1.07 bits per heavy atom. The van der Waals surface area contributed by atoms with E-state index in [1.165, 1.54) is 12.8 Å². The fraction of sp³-hybridized carbons (Fsp3) is 0.440. The Bertz CT molecular complexity index is 986. The van der Waals surface area contributed by atoms with Crippen LogP contribution in [-0.2, 0) is 11.8 Å². The molecular formula is C25H35NO4. The lowest BCUT2D eigenvalue weighted by Gasteiger charge is -2.09. The minimum absolute atomic E-state index is 0.00371. The second-order valence-electron chi connectivity index (χ2n) is 7.44. The Morgan fingerprint density at radius 3 is 2.10 bits per heavy atom. The molecule has 164 valence electrons. The molecule has 0 radical (unpaired) electrons. The molecule has 2 N–H and O–H groups in total. The van der Waals surface area contributed by atoms with Gasteiger partial charge in [-0.15, -0.1) is 0 Å². The maximum atomic E-state index is 12.4. The molecule has 30 heavy (non-hydrogen) atoms. The number of hydrogen-bond donors (Lipinski definition) is 2. The summed E-state index contributed by atoms with van der Waals surface area (Å²) in [6.07, 6.45) is 9.63. The monoisotopic (exact) mass is 413 g/mol. The van der Waals surface area contributed by atoms with Gasteiger partial charge in [0.05, 0.1) is 5.92 Å². The summed E-state index contributed by atoms with van der Waals surface area (Å²) in [5.74, 6) is -0.680. The number of carbonyl (C=O) groups is 1. The standard InChI is InChI=1S/C16H15NO2.C5H10O2.C4H10/c1-17-15-5-3-2-4-12(15)10-14(16(17)19)11-6-8-13(18)9-7-11;1-3-4(2)5(6)7;1-3-4-2/h4-10,18H,2-3H2,1H3;4H,3H2,1-2H3,(H,6,7);3-4H2,1-2H3. The number of rotatable bonds is 4. The van der Waals surface area contributed by atoms with Crippen molar-refractivity contribution in [3.8, 4) is 16.9 Å². The maximum Gasteiger partial charge on any atom is 0.306 e. The zero-order valence-corrected chi connectivity index (χ0v) is 18.8. The van der Waals surface area contributed by atoms with E-state index in [0.29, 0.717) is 5.56 Å². The smallest absolute Gasteiger partial charge is 0.306 e. The molecule has 1 heterocycles. The van der Waals surface area contributed by atoms with E-state index in [-0.39, 0.29) is 17.2 Å². The molecule has 0 bridgehead atoms. The largest absolute Gasteiger partial charge is 0.508 e. The number of pyridine rings is 1. The topological polar surface area (TPSA) is 79.5 Å². The number of hydrogen-bond acceptors (Lipinski definition) is 3. The molecule has 3 rings (SSSR count). The number of fused-ring (bicyclic) bond motifs is 1. The molecule has 0 saturated heterocycles. The highest BCUT2D eigenvalue weighted by Crippen LogP contribution is 2.17. The fourth-order valence-electron chi connectivity index (χ4n) is 2.67. The van der Waals surface area contributed by atoms with Crippen LogP contribution >= 0.6 is 0 Å². The third-order valence-corrected chi connectivity index (χ3v) is 5.07. The first kappa shape index (κ1) is 25.2. The predicted octanol–water partition coefficient (Wildman–Crippen LogP) is 4.04. The lowest BCUT2D eigenvalue weighted by atomic mass is 10.0. The van der Waals surface area contributed by atoms with Crippen molar-refractivity contribution >= 4 is 18.1 Å². The molecule has 0 saturated carbocycles. The van der Waals surface area contributed by atoms with Crippen LogP contribution < -0.4 is 16.1 Å². The van der Waals surface area contributed by atoms with E-state index in [2.05, 4.69) is 26.0 Å². The molecule has 0 aliphatic heterocycles. The second kappa shape index (κ2) is 12.7. The number of phenols is 1. The van der Waals surface area contributed by atoms with Gasteiger partial charge >= 0.3 is 5.97 Å². The van der Waals surface area contributed by atoms with E-state index < -0.39 is 5.97 Å². The molecule has 5 heteroatoms. The van der Waals surface area contributed by atoms with Crippen LogP contribution in [0, 0.1) is 5.92 Å². The van der Waals surface area contributed by atoms with Crippen LogP contribution in [0.2, 0.25) is 0 Å². The van der Waals surface area contributed by atoms with Crippen molar-refractivity contribution in [2.75, 3.05) is 0 Å². The Kier molecular flexibility index (Phi) is 10.7. The lowest BCUT2D eigenvalue weighted by molar-refractivity contribution is -0.141. The molecule has 1 aromatic carbocycles. The highest BCUT2D eigenvalue weighted by Gasteiger charge is 2.08. The Labute approximate surface area is 179 Å². The highest BCUT2D eigenvalue weighted by molar-refractivity contribution is 5.69. The van der Waals surface area contributed by atoms with Gasteiger partial charge in [0.1, 0.15) is 5.75 Å². The van der Waals surface area contributed by atoms with Crippen LogP contribution in [0.15, 0.2) is 35.1 Å². The number of aromatic nitrogens is 1. The average Bonchev–Trinajstić information content (AvgIpc) is 2.77. The molecule has 5 nitrogen and oxygen atoms in total. The van der Waals surface area contributed by atoms with Crippen molar-refractivity contribution in [2.24, 2.45) is 13.0 Å². The summed E-state index contributed by atoms with van der Waals surface area (Å²) in [4.78, 5) is 22.3. The first-order valence-electron chi connectivity index (χ1n) is 10.7. The van der Waals surface area contributed by atoms with Crippen molar-refractivity contribution in [1.82, 2.24) is 4.57 Å². The number of nitrogens with zero attached hydrogens (tertiary/aromatic N) is 1. The second-order valence-corrected chi connectivity index (χ2v) is 7.44. The van der Waals surface area contributed by atoms with Crippen LogP contribution in [0.1, 0.15) is 59.8 Å². The van der Waals surface area contributed by atoms with Crippen LogP contribution in [0.3, 0.4) is 0 Å². The summed E-state index contributed by atoms with van der Waals surface area (Å²) in [6.45, 7) is 7.92. The molecule has 1 aliphatic carbocycles. The number of aromatic hydroxyl groups is 1. The quantitative estimate of drug-likeness (QED) is 0.793. The van der Waals surface area contributed by atoms with E-state index in [1.807, 2.05) is 13.0 Å². The molecule has 0 spiro atoms. The van der Waals surface area contributed by atoms with E-state index in [9.17, 15) is 14.7 Å². The summed E-state index contributed by atoms with van der Waals surface area (Å²) in [7, 11) is 1.81. The van der Waals surface area contributed by atoms with Crippen molar-refractivity contribution < 1.29 is 15.0 Å². The van der Waals surface area contributed by atoms with Gasteiger partial charge < -0.3 is 14.8 Å². The molecule has 1 unspecified atom stereocenters. The third kappa shape index (κ3) is 7.21. The lowest BCUT2D eigenvalue weighted by Crippen LogP contribution is -2.43. The SMILES string of the molecule is CCC(C)C(=O)O.CCCC.Cn1c(=O)c(-c2ccc(O)cc2)cc2c1=CCCC=2. The van der Waals surface area contributed by atoms with Crippen LogP contribution in [0.5, 0.6) is 5.75 Å². The molecular weight excluding hydrogens is 378 g/mol. The Morgan fingerprint density at radius 2 is 1.63 bits per heavy atom. The number of benzene rings is 1. The van der Waals surface area contributed by atoms with Crippen molar-refractivity contribution in [3.05, 3.63) is 51.3 Å². The zero-order valence-electron chi connectivity index (χ0n) is 18.8. The van der Waals surface area contributed by atoms with Crippen molar-refractivity contribution in [1.29, 1.82) is 0 Å². The van der Waals surface area contributed by atoms with Gasteiger partial charge in [-0.05, 0) is 48.2 Å². The highest BCUT2D eigenvalue weighted by atomic mass is 16.4. The average molecular weight is 414 g/mol. The minimum Gasteiger partial charge on any atom is -0.508 e. The summed E-state index contributed by atoms with van der Waals surface area (Å²) >= 11 is 0. The minimum atomic E-state index is -0.706. The summed E-state index contributed by atoms with van der Waals surface area (Å²) in [6, 6.07) is 8.68. The molecule has 0 amide bonds.